The Labute approximate surface area is 122 Å². The zero-order valence-electron chi connectivity index (χ0n) is 11.7. The van der Waals surface area contributed by atoms with Crippen molar-refractivity contribution in [2.75, 3.05) is 0 Å². The molecule has 1 atom stereocenters. The van der Waals surface area contributed by atoms with Crippen molar-refractivity contribution in [1.29, 1.82) is 0 Å². The lowest BCUT2D eigenvalue weighted by atomic mass is 10.0. The third kappa shape index (κ3) is 3.57. The Balaban J connectivity index is 2.00. The molecule has 5 N–H and O–H groups in total. The number of nitrogens with zero attached hydrogens (tertiary/aromatic N) is 1. The molecule has 1 heterocycles. The van der Waals surface area contributed by atoms with Crippen LogP contribution in [0.2, 0.25) is 0 Å². The van der Waals surface area contributed by atoms with Gasteiger partial charge in [-0.1, -0.05) is 17.3 Å². The fraction of sp³-hybridized carbons (Fsp3) is 0.357. The summed E-state index contributed by atoms with van der Waals surface area (Å²) in [6.45, 7) is 2.42. The number of piperidine rings is 1. The summed E-state index contributed by atoms with van der Waals surface area (Å²) in [6, 6.07) is 5.08. The summed E-state index contributed by atoms with van der Waals surface area (Å²) < 4.78 is 0. The SMILES string of the molecule is Cc1cc(/C(N)=N/O)ccc1CNC1CCC(=O)NC1=O. The van der Waals surface area contributed by atoms with E-state index in [0.717, 1.165) is 11.1 Å². The number of amides is 2. The van der Waals surface area contributed by atoms with Crippen molar-refractivity contribution in [1.82, 2.24) is 10.6 Å². The number of amidine groups is 1. The highest BCUT2D eigenvalue weighted by atomic mass is 16.4. The van der Waals surface area contributed by atoms with Crippen LogP contribution in [0.3, 0.4) is 0 Å². The van der Waals surface area contributed by atoms with Gasteiger partial charge in [-0.25, -0.2) is 0 Å². The van der Waals surface area contributed by atoms with Crippen molar-refractivity contribution in [3.63, 3.8) is 0 Å². The van der Waals surface area contributed by atoms with Crippen LogP contribution in [-0.4, -0.2) is 28.9 Å². The third-order valence-corrected chi connectivity index (χ3v) is 3.52. The van der Waals surface area contributed by atoms with Gasteiger partial charge in [0.05, 0.1) is 6.04 Å². The first-order chi connectivity index (χ1) is 10.0. The van der Waals surface area contributed by atoms with Gasteiger partial charge in [0.25, 0.3) is 0 Å². The summed E-state index contributed by atoms with van der Waals surface area (Å²) >= 11 is 0. The molecule has 0 bridgehead atoms. The first-order valence-corrected chi connectivity index (χ1v) is 6.65. The second kappa shape index (κ2) is 6.36. The monoisotopic (exact) mass is 290 g/mol. The molecular formula is C14H18N4O3. The number of aryl methyl sites for hydroxylation is 1. The first kappa shape index (κ1) is 15.0. The average molecular weight is 290 g/mol. The minimum absolute atomic E-state index is 0.0581. The Bertz CT molecular complexity index is 598. The predicted octanol–water partition coefficient (Wildman–Crippen LogP) is -0.0157. The van der Waals surface area contributed by atoms with E-state index in [1.807, 2.05) is 19.1 Å². The van der Waals surface area contributed by atoms with Crippen LogP contribution in [0.15, 0.2) is 23.4 Å². The van der Waals surface area contributed by atoms with Crippen LogP contribution in [0.4, 0.5) is 0 Å². The second-order valence-electron chi connectivity index (χ2n) is 5.01. The zero-order chi connectivity index (χ0) is 15.4. The Kier molecular flexibility index (Phi) is 4.54. The van der Waals surface area contributed by atoms with E-state index in [1.54, 1.807) is 6.07 Å². The summed E-state index contributed by atoms with van der Waals surface area (Å²) in [5, 5.41) is 17.1. The van der Waals surface area contributed by atoms with Crippen LogP contribution in [0.1, 0.15) is 29.5 Å². The van der Waals surface area contributed by atoms with E-state index >= 15 is 0 Å². The van der Waals surface area contributed by atoms with Crippen LogP contribution in [-0.2, 0) is 16.1 Å². The van der Waals surface area contributed by atoms with Gasteiger partial charge in [-0.15, -0.1) is 0 Å². The minimum Gasteiger partial charge on any atom is -0.409 e. The van der Waals surface area contributed by atoms with E-state index in [4.69, 9.17) is 10.9 Å². The molecule has 2 rings (SSSR count). The van der Waals surface area contributed by atoms with Gasteiger partial charge in [-0.3, -0.25) is 14.9 Å². The quantitative estimate of drug-likeness (QED) is 0.204. The molecule has 21 heavy (non-hydrogen) atoms. The maximum Gasteiger partial charge on any atom is 0.243 e. The van der Waals surface area contributed by atoms with E-state index in [2.05, 4.69) is 15.8 Å². The second-order valence-corrected chi connectivity index (χ2v) is 5.01. The fourth-order valence-corrected chi connectivity index (χ4v) is 2.23. The fourth-order valence-electron chi connectivity index (χ4n) is 2.23. The van der Waals surface area contributed by atoms with Gasteiger partial charge in [-0.2, -0.15) is 0 Å². The number of carbonyl (C=O) groups is 2. The highest BCUT2D eigenvalue weighted by Gasteiger charge is 2.25. The summed E-state index contributed by atoms with van der Waals surface area (Å²) in [4.78, 5) is 22.7. The molecule has 1 unspecified atom stereocenters. The van der Waals surface area contributed by atoms with Crippen molar-refractivity contribution in [3.8, 4) is 0 Å². The number of nitrogens with two attached hydrogens (primary N) is 1. The molecule has 1 aromatic rings. The summed E-state index contributed by atoms with van der Waals surface area (Å²) in [7, 11) is 0. The van der Waals surface area contributed by atoms with E-state index in [9.17, 15) is 9.59 Å². The van der Waals surface area contributed by atoms with Crippen LogP contribution >= 0.6 is 0 Å². The van der Waals surface area contributed by atoms with Gasteiger partial charge in [0.2, 0.25) is 11.8 Å². The smallest absolute Gasteiger partial charge is 0.243 e. The number of benzene rings is 1. The average Bonchev–Trinajstić information content (AvgIpc) is 2.46. The summed E-state index contributed by atoms with van der Waals surface area (Å²) in [5.74, 6) is -0.447. The van der Waals surface area contributed by atoms with Gasteiger partial charge in [-0.05, 0) is 30.5 Å². The third-order valence-electron chi connectivity index (χ3n) is 3.52. The number of nitrogens with one attached hydrogen (secondary N) is 2. The molecule has 1 aromatic carbocycles. The first-order valence-electron chi connectivity index (χ1n) is 6.65. The molecule has 0 aliphatic carbocycles. The van der Waals surface area contributed by atoms with Crippen molar-refractivity contribution < 1.29 is 14.8 Å². The molecule has 1 aliphatic rings. The van der Waals surface area contributed by atoms with Crippen molar-refractivity contribution in [3.05, 3.63) is 34.9 Å². The molecule has 7 heteroatoms. The lowest BCUT2D eigenvalue weighted by molar-refractivity contribution is -0.134. The van der Waals surface area contributed by atoms with Crippen molar-refractivity contribution in [2.24, 2.45) is 10.9 Å². The minimum atomic E-state index is -0.356. The molecule has 7 nitrogen and oxygen atoms in total. The normalized spacial score (nSPS) is 19.5. The molecule has 1 saturated heterocycles. The van der Waals surface area contributed by atoms with Gasteiger partial charge in [0, 0.05) is 18.5 Å². The van der Waals surface area contributed by atoms with Gasteiger partial charge in [0.15, 0.2) is 5.84 Å². The Hall–Kier alpha value is -2.41. The standard InChI is InChI=1S/C14H18N4O3/c1-8-6-9(13(15)18-21)2-3-10(8)7-16-11-4-5-12(19)17-14(11)20/h2-3,6,11,16,21H,4-5,7H2,1H3,(H2,15,18)(H,17,19,20). The van der Waals surface area contributed by atoms with Gasteiger partial charge in [0.1, 0.15) is 0 Å². The number of rotatable bonds is 4. The van der Waals surface area contributed by atoms with Crippen LogP contribution in [0.5, 0.6) is 0 Å². The Morgan fingerprint density at radius 3 is 2.90 bits per heavy atom. The zero-order valence-corrected chi connectivity index (χ0v) is 11.7. The van der Waals surface area contributed by atoms with E-state index in [0.29, 0.717) is 24.9 Å². The number of carbonyl (C=O) groups excluding carboxylic acids is 2. The van der Waals surface area contributed by atoms with E-state index < -0.39 is 0 Å². The number of hydrogen-bond donors (Lipinski definition) is 4. The van der Waals surface area contributed by atoms with E-state index in [-0.39, 0.29) is 23.7 Å². The Morgan fingerprint density at radius 1 is 1.52 bits per heavy atom. The van der Waals surface area contributed by atoms with Crippen molar-refractivity contribution >= 4 is 17.6 Å². The predicted molar refractivity (Wildman–Crippen MR) is 76.7 cm³/mol. The molecule has 1 fully saturated rings. The lowest BCUT2D eigenvalue weighted by Crippen LogP contribution is -2.50. The largest absolute Gasteiger partial charge is 0.409 e. The molecule has 0 saturated carbocycles. The number of imide groups is 1. The molecule has 0 radical (unpaired) electrons. The van der Waals surface area contributed by atoms with Crippen molar-refractivity contribution in [2.45, 2.75) is 32.4 Å². The van der Waals surface area contributed by atoms with Crippen LogP contribution in [0, 0.1) is 6.92 Å². The molecule has 112 valence electrons. The highest BCUT2D eigenvalue weighted by molar-refractivity contribution is 6.00. The molecule has 0 spiro atoms. The summed E-state index contributed by atoms with van der Waals surface area (Å²) in [6.07, 6.45) is 0.858. The van der Waals surface area contributed by atoms with Crippen LogP contribution < -0.4 is 16.4 Å². The van der Waals surface area contributed by atoms with Gasteiger partial charge >= 0.3 is 0 Å². The Morgan fingerprint density at radius 2 is 2.29 bits per heavy atom. The van der Waals surface area contributed by atoms with E-state index in [1.165, 1.54) is 0 Å². The maximum absolute atomic E-state index is 11.6. The van der Waals surface area contributed by atoms with Crippen LogP contribution in [0.25, 0.3) is 0 Å². The molecule has 0 aromatic heterocycles. The molecule has 2 amide bonds. The molecule has 1 aliphatic heterocycles. The summed E-state index contributed by atoms with van der Waals surface area (Å²) in [5.41, 5.74) is 8.15. The number of oxime groups is 1. The van der Waals surface area contributed by atoms with Gasteiger partial charge < -0.3 is 16.3 Å². The lowest BCUT2D eigenvalue weighted by Gasteiger charge is -2.22. The number of hydrogen-bond acceptors (Lipinski definition) is 5. The highest BCUT2D eigenvalue weighted by Crippen LogP contribution is 2.12. The maximum atomic E-state index is 11.6. The molecular weight excluding hydrogens is 272 g/mol. The topological polar surface area (TPSA) is 117 Å².